The summed E-state index contributed by atoms with van der Waals surface area (Å²) >= 11 is 0. The number of benzene rings is 2. The van der Waals surface area contributed by atoms with Gasteiger partial charge < -0.3 is 15.7 Å². The van der Waals surface area contributed by atoms with Crippen LogP contribution in [0.25, 0.3) is 22.3 Å². The maximum atomic E-state index is 13.4. The number of aromatic nitrogens is 4. The molecule has 3 N–H and O–H groups in total. The number of nitrogens with two attached hydrogens (primary N) is 1. The number of nitrogens with zero attached hydrogens (tertiary/aromatic N) is 5. The van der Waals surface area contributed by atoms with Gasteiger partial charge in [-0.1, -0.05) is 61.5 Å². The van der Waals surface area contributed by atoms with Crippen molar-refractivity contribution in [3.05, 3.63) is 82.4 Å². The Morgan fingerprint density at radius 2 is 1.69 bits per heavy atom. The molecule has 3 heterocycles. The molecule has 1 saturated heterocycles. The second kappa shape index (κ2) is 11.3. The second-order valence-corrected chi connectivity index (χ2v) is 11.1. The SMILES string of the molecule is C[C@H](CC(=O)N1CCC(O)(Cn2cnc3c(-c4ccc([C@H](N)C(F)(F)F)cc4)n(C)nc3c2=O)CC1)c1ccccc1. The highest BCUT2D eigenvalue weighted by Gasteiger charge is 2.38. The lowest BCUT2D eigenvalue weighted by Gasteiger charge is -2.38. The first-order valence-corrected chi connectivity index (χ1v) is 13.8. The fourth-order valence-corrected chi connectivity index (χ4v) is 5.51. The van der Waals surface area contributed by atoms with Gasteiger partial charge in [-0.25, -0.2) is 4.98 Å². The second-order valence-electron chi connectivity index (χ2n) is 11.1. The molecule has 4 aromatic rings. The molecule has 2 aromatic carbocycles. The summed E-state index contributed by atoms with van der Waals surface area (Å²) in [6.07, 6.45) is -2.22. The van der Waals surface area contributed by atoms with Crippen LogP contribution in [0.1, 0.15) is 49.3 Å². The van der Waals surface area contributed by atoms with Gasteiger partial charge >= 0.3 is 6.18 Å². The Morgan fingerprint density at radius 1 is 1.05 bits per heavy atom. The smallest absolute Gasteiger partial charge is 0.388 e. The van der Waals surface area contributed by atoms with E-state index in [0.29, 0.717) is 49.1 Å². The number of likely N-dealkylation sites (tertiary alicyclic amines) is 1. The number of aliphatic hydroxyl groups is 1. The van der Waals surface area contributed by atoms with E-state index in [1.165, 1.54) is 39.8 Å². The Hall–Kier alpha value is -4.03. The summed E-state index contributed by atoms with van der Waals surface area (Å²) in [6.45, 7) is 2.77. The van der Waals surface area contributed by atoms with Crippen LogP contribution in [0.4, 0.5) is 13.2 Å². The Morgan fingerprint density at radius 3 is 2.31 bits per heavy atom. The number of fused-ring (bicyclic) bond motifs is 1. The van der Waals surface area contributed by atoms with Gasteiger partial charge in [0.25, 0.3) is 5.56 Å². The number of hydrogen-bond acceptors (Lipinski definition) is 6. The Balaban J connectivity index is 1.28. The Labute approximate surface area is 240 Å². The minimum absolute atomic E-state index is 0.00679. The number of carbonyl (C=O) groups is 1. The van der Waals surface area contributed by atoms with Crippen LogP contribution in [0.2, 0.25) is 0 Å². The molecule has 0 aliphatic carbocycles. The highest BCUT2D eigenvalue weighted by atomic mass is 19.4. The molecule has 0 radical (unpaired) electrons. The molecular weight excluding hydrogens is 549 g/mol. The van der Waals surface area contributed by atoms with Crippen molar-refractivity contribution in [3.63, 3.8) is 0 Å². The zero-order valence-corrected chi connectivity index (χ0v) is 23.4. The van der Waals surface area contributed by atoms with Crippen LogP contribution in [0.5, 0.6) is 0 Å². The van der Waals surface area contributed by atoms with Crippen LogP contribution in [-0.2, 0) is 18.4 Å². The van der Waals surface area contributed by atoms with Gasteiger partial charge in [-0.3, -0.25) is 18.8 Å². The molecule has 5 rings (SSSR count). The van der Waals surface area contributed by atoms with Crippen LogP contribution >= 0.6 is 0 Å². The van der Waals surface area contributed by atoms with Crippen molar-refractivity contribution >= 4 is 16.9 Å². The molecule has 0 bridgehead atoms. The third-order valence-electron chi connectivity index (χ3n) is 8.07. The van der Waals surface area contributed by atoms with E-state index in [2.05, 4.69) is 10.1 Å². The molecule has 2 atom stereocenters. The summed E-state index contributed by atoms with van der Waals surface area (Å²) in [5.74, 6) is 0.109. The molecule has 1 amide bonds. The van der Waals surface area contributed by atoms with Crippen molar-refractivity contribution in [2.45, 2.75) is 56.5 Å². The molecule has 1 aliphatic rings. The largest absolute Gasteiger partial charge is 0.407 e. The van der Waals surface area contributed by atoms with Crippen molar-refractivity contribution in [1.82, 2.24) is 24.2 Å². The molecule has 1 aliphatic heterocycles. The molecule has 42 heavy (non-hydrogen) atoms. The molecular formula is C30H33F3N6O3. The van der Waals surface area contributed by atoms with Crippen molar-refractivity contribution < 1.29 is 23.1 Å². The predicted molar refractivity (Wildman–Crippen MR) is 151 cm³/mol. The van der Waals surface area contributed by atoms with Gasteiger partial charge in [0.05, 0.1) is 24.2 Å². The summed E-state index contributed by atoms with van der Waals surface area (Å²) < 4.78 is 41.8. The van der Waals surface area contributed by atoms with Crippen LogP contribution in [0.15, 0.2) is 65.7 Å². The molecule has 0 saturated carbocycles. The number of aryl methyl sites for hydroxylation is 1. The normalized spacial score (nSPS) is 16.9. The van der Waals surface area contributed by atoms with Crippen molar-refractivity contribution in [2.75, 3.05) is 13.1 Å². The first-order valence-electron chi connectivity index (χ1n) is 13.8. The first-order chi connectivity index (χ1) is 19.9. The van der Waals surface area contributed by atoms with Gasteiger partial charge in [0.1, 0.15) is 11.6 Å². The van der Waals surface area contributed by atoms with Crippen LogP contribution < -0.4 is 11.3 Å². The van der Waals surface area contributed by atoms with Crippen LogP contribution in [-0.4, -0.2) is 60.1 Å². The molecule has 222 valence electrons. The number of rotatable bonds is 7. The predicted octanol–water partition coefficient (Wildman–Crippen LogP) is 3.91. The number of amides is 1. The summed E-state index contributed by atoms with van der Waals surface area (Å²) in [5.41, 5.74) is 6.05. The number of hydrogen-bond donors (Lipinski definition) is 2. The van der Waals surface area contributed by atoms with Crippen LogP contribution in [0.3, 0.4) is 0 Å². The average molecular weight is 583 g/mol. The van der Waals surface area contributed by atoms with Gasteiger partial charge in [-0.2, -0.15) is 18.3 Å². The minimum atomic E-state index is -4.56. The zero-order valence-electron chi connectivity index (χ0n) is 23.4. The van der Waals surface area contributed by atoms with Crippen LogP contribution in [0, 0.1) is 0 Å². The topological polar surface area (TPSA) is 119 Å². The van der Waals surface area contributed by atoms with Gasteiger partial charge in [0.2, 0.25) is 5.91 Å². The van der Waals surface area contributed by atoms with Gasteiger partial charge in [-0.15, -0.1) is 0 Å². The lowest BCUT2D eigenvalue weighted by atomic mass is 9.90. The van der Waals surface area contributed by atoms with Gasteiger partial charge in [0.15, 0.2) is 5.52 Å². The van der Waals surface area contributed by atoms with E-state index in [9.17, 15) is 27.9 Å². The van der Waals surface area contributed by atoms with E-state index in [4.69, 9.17) is 5.73 Å². The first kappa shape index (κ1) is 29.5. The monoisotopic (exact) mass is 582 g/mol. The molecule has 2 aromatic heterocycles. The summed E-state index contributed by atoms with van der Waals surface area (Å²) in [4.78, 5) is 32.5. The molecule has 12 heteroatoms. The van der Waals surface area contributed by atoms with Gasteiger partial charge in [-0.05, 0) is 29.9 Å². The number of piperidine rings is 1. The van der Waals surface area contributed by atoms with E-state index >= 15 is 0 Å². The van der Waals surface area contributed by atoms with Gasteiger partial charge in [0, 0.05) is 32.1 Å². The average Bonchev–Trinajstić information content (AvgIpc) is 3.31. The lowest BCUT2D eigenvalue weighted by Crippen LogP contribution is -2.49. The fraction of sp³-hybridized carbons (Fsp3) is 0.400. The number of carbonyl (C=O) groups excluding carboxylic acids is 1. The maximum absolute atomic E-state index is 13.4. The van der Waals surface area contributed by atoms with Crippen molar-refractivity contribution in [1.29, 1.82) is 0 Å². The fourth-order valence-electron chi connectivity index (χ4n) is 5.51. The maximum Gasteiger partial charge on any atom is 0.407 e. The summed E-state index contributed by atoms with van der Waals surface area (Å²) in [6, 6.07) is 13.3. The third kappa shape index (κ3) is 5.95. The Kier molecular flexibility index (Phi) is 7.95. The third-order valence-corrected chi connectivity index (χ3v) is 8.07. The summed E-state index contributed by atoms with van der Waals surface area (Å²) in [7, 11) is 1.62. The quantitative estimate of drug-likeness (QED) is 0.341. The number of alkyl halides is 3. The number of halogens is 3. The van der Waals surface area contributed by atoms with E-state index in [-0.39, 0.29) is 29.4 Å². The van der Waals surface area contributed by atoms with E-state index in [0.717, 1.165) is 5.56 Å². The van der Waals surface area contributed by atoms with E-state index < -0.39 is 23.4 Å². The van der Waals surface area contributed by atoms with Crippen molar-refractivity contribution in [2.24, 2.45) is 12.8 Å². The molecule has 1 fully saturated rings. The minimum Gasteiger partial charge on any atom is -0.388 e. The standard InChI is InChI=1S/C30H33F3N6O3/c1-19(20-6-4-3-5-7-20)16-23(40)38-14-12-29(42,13-15-38)17-39-18-35-24-25(28(39)41)36-37(2)26(24)21-8-10-22(11-9-21)27(34)30(31,32)33/h3-11,18-19,27,42H,12-17,34H2,1-2H3/t19-,27+/m1/s1. The summed E-state index contributed by atoms with van der Waals surface area (Å²) in [5, 5.41) is 15.6. The highest BCUT2D eigenvalue weighted by molar-refractivity contribution is 5.89. The van der Waals surface area contributed by atoms with Crippen molar-refractivity contribution in [3.8, 4) is 11.3 Å². The van der Waals surface area contributed by atoms with E-state index in [1.807, 2.05) is 37.3 Å². The molecule has 0 spiro atoms. The lowest BCUT2D eigenvalue weighted by molar-refractivity contribution is -0.149. The molecule has 9 nitrogen and oxygen atoms in total. The van der Waals surface area contributed by atoms with E-state index in [1.54, 1.807) is 11.9 Å². The zero-order chi connectivity index (χ0) is 30.2. The highest BCUT2D eigenvalue weighted by Crippen LogP contribution is 2.33. The Bertz CT molecular complexity index is 1620. The molecule has 0 unspecified atom stereocenters.